The Balaban J connectivity index is 2.03. The summed E-state index contributed by atoms with van der Waals surface area (Å²) < 4.78 is 0.909. The summed E-state index contributed by atoms with van der Waals surface area (Å²) in [5.41, 5.74) is 2.23. The van der Waals surface area contributed by atoms with Gasteiger partial charge in [0.1, 0.15) is 0 Å². The molecule has 0 bridgehead atoms. The van der Waals surface area contributed by atoms with Crippen LogP contribution in [-0.2, 0) is 16.0 Å². The highest BCUT2D eigenvalue weighted by Crippen LogP contribution is 2.18. The van der Waals surface area contributed by atoms with Gasteiger partial charge in [0.15, 0.2) is 0 Å². The summed E-state index contributed by atoms with van der Waals surface area (Å²) in [6.45, 7) is 1.44. The summed E-state index contributed by atoms with van der Waals surface area (Å²) in [7, 11) is 0. The number of benzene rings is 2. The average Bonchev–Trinajstić information content (AvgIpc) is 2.41. The second-order valence-electron chi connectivity index (χ2n) is 4.58. The third kappa shape index (κ3) is 4.72. The van der Waals surface area contributed by atoms with Gasteiger partial charge in [0.2, 0.25) is 11.8 Å². The Hall–Kier alpha value is -2.14. The number of anilines is 2. The minimum absolute atomic E-state index is 0.109. The molecule has 0 spiro atoms. The van der Waals surface area contributed by atoms with Crippen molar-refractivity contribution < 1.29 is 9.59 Å². The standard InChI is InChI=1S/C16H15BrN2O2/c1-11(20)18-13-6-4-7-14(10-13)19-16(21)9-12-5-2-3-8-15(12)17/h2-8,10H,9H2,1H3,(H,18,20)(H,19,21). The van der Waals surface area contributed by atoms with Crippen LogP contribution < -0.4 is 10.6 Å². The first-order valence-corrected chi connectivity index (χ1v) is 7.25. The van der Waals surface area contributed by atoms with Crippen molar-refractivity contribution in [3.05, 3.63) is 58.6 Å². The molecule has 2 aromatic carbocycles. The molecule has 0 heterocycles. The molecule has 0 aromatic heterocycles. The highest BCUT2D eigenvalue weighted by molar-refractivity contribution is 9.10. The first-order chi connectivity index (χ1) is 10.0. The fraction of sp³-hybridized carbons (Fsp3) is 0.125. The van der Waals surface area contributed by atoms with E-state index in [4.69, 9.17) is 0 Å². The van der Waals surface area contributed by atoms with Crippen LogP contribution in [0, 0.1) is 0 Å². The highest BCUT2D eigenvalue weighted by Gasteiger charge is 2.07. The number of rotatable bonds is 4. The Morgan fingerprint density at radius 3 is 2.33 bits per heavy atom. The predicted octanol–water partition coefficient (Wildman–Crippen LogP) is 3.59. The predicted molar refractivity (Wildman–Crippen MR) is 87.2 cm³/mol. The lowest BCUT2D eigenvalue weighted by atomic mass is 10.1. The zero-order chi connectivity index (χ0) is 15.2. The number of carbonyl (C=O) groups is 2. The van der Waals surface area contributed by atoms with Gasteiger partial charge in [-0.25, -0.2) is 0 Å². The molecule has 2 N–H and O–H groups in total. The smallest absolute Gasteiger partial charge is 0.228 e. The molecular formula is C16H15BrN2O2. The van der Waals surface area contributed by atoms with Crippen molar-refractivity contribution in [2.45, 2.75) is 13.3 Å². The topological polar surface area (TPSA) is 58.2 Å². The molecule has 0 unspecified atom stereocenters. The van der Waals surface area contributed by atoms with E-state index in [-0.39, 0.29) is 18.2 Å². The van der Waals surface area contributed by atoms with Crippen LogP contribution in [0.1, 0.15) is 12.5 Å². The fourth-order valence-corrected chi connectivity index (χ4v) is 2.32. The van der Waals surface area contributed by atoms with E-state index in [0.717, 1.165) is 10.0 Å². The first kappa shape index (κ1) is 15.3. The molecule has 21 heavy (non-hydrogen) atoms. The van der Waals surface area contributed by atoms with Crippen LogP contribution in [0.15, 0.2) is 53.0 Å². The van der Waals surface area contributed by atoms with Gasteiger partial charge in [-0.2, -0.15) is 0 Å². The number of nitrogens with one attached hydrogen (secondary N) is 2. The van der Waals surface area contributed by atoms with Crippen LogP contribution in [0.25, 0.3) is 0 Å². The quantitative estimate of drug-likeness (QED) is 0.888. The molecule has 0 aliphatic heterocycles. The monoisotopic (exact) mass is 346 g/mol. The minimum Gasteiger partial charge on any atom is -0.326 e. The van der Waals surface area contributed by atoms with Gasteiger partial charge in [0, 0.05) is 22.8 Å². The van der Waals surface area contributed by atoms with E-state index in [1.807, 2.05) is 24.3 Å². The second-order valence-corrected chi connectivity index (χ2v) is 5.43. The lowest BCUT2D eigenvalue weighted by Gasteiger charge is -2.08. The molecule has 0 atom stereocenters. The van der Waals surface area contributed by atoms with Crippen molar-refractivity contribution in [1.82, 2.24) is 0 Å². The average molecular weight is 347 g/mol. The molecule has 0 saturated heterocycles. The number of halogens is 1. The van der Waals surface area contributed by atoms with Gasteiger partial charge in [-0.15, -0.1) is 0 Å². The van der Waals surface area contributed by atoms with Gasteiger partial charge in [-0.05, 0) is 29.8 Å². The van der Waals surface area contributed by atoms with Gasteiger partial charge >= 0.3 is 0 Å². The lowest BCUT2D eigenvalue weighted by molar-refractivity contribution is -0.116. The van der Waals surface area contributed by atoms with E-state index in [9.17, 15) is 9.59 Å². The molecule has 4 nitrogen and oxygen atoms in total. The molecular weight excluding hydrogens is 332 g/mol. The summed E-state index contributed by atoms with van der Waals surface area (Å²) in [5.74, 6) is -0.256. The molecule has 0 saturated carbocycles. The lowest BCUT2D eigenvalue weighted by Crippen LogP contribution is -2.15. The number of hydrogen-bond acceptors (Lipinski definition) is 2. The van der Waals surface area contributed by atoms with Crippen LogP contribution in [0.3, 0.4) is 0 Å². The van der Waals surface area contributed by atoms with Gasteiger partial charge in [0.25, 0.3) is 0 Å². The Labute approximate surface area is 131 Å². The highest BCUT2D eigenvalue weighted by atomic mass is 79.9. The number of amides is 2. The molecule has 2 amide bonds. The summed E-state index contributed by atoms with van der Waals surface area (Å²) in [6, 6.07) is 14.7. The fourth-order valence-electron chi connectivity index (χ4n) is 1.90. The Bertz CT molecular complexity index is 671. The molecule has 2 aromatic rings. The third-order valence-electron chi connectivity index (χ3n) is 2.78. The van der Waals surface area contributed by atoms with E-state index in [1.54, 1.807) is 24.3 Å². The Morgan fingerprint density at radius 1 is 1.00 bits per heavy atom. The molecule has 5 heteroatoms. The first-order valence-electron chi connectivity index (χ1n) is 6.45. The number of hydrogen-bond donors (Lipinski definition) is 2. The molecule has 0 fully saturated rings. The van der Waals surface area contributed by atoms with Crippen LogP contribution >= 0.6 is 15.9 Å². The maximum Gasteiger partial charge on any atom is 0.228 e. The van der Waals surface area contributed by atoms with E-state index in [0.29, 0.717) is 11.4 Å². The van der Waals surface area contributed by atoms with Gasteiger partial charge in [-0.3, -0.25) is 9.59 Å². The second kappa shape index (κ2) is 7.04. The van der Waals surface area contributed by atoms with Crippen molar-refractivity contribution in [1.29, 1.82) is 0 Å². The summed E-state index contributed by atoms with van der Waals surface area (Å²) in [5, 5.41) is 5.50. The summed E-state index contributed by atoms with van der Waals surface area (Å²) in [4.78, 5) is 23.1. The number of carbonyl (C=O) groups excluding carboxylic acids is 2. The van der Waals surface area contributed by atoms with Crippen molar-refractivity contribution in [3.8, 4) is 0 Å². The Morgan fingerprint density at radius 2 is 1.67 bits per heavy atom. The van der Waals surface area contributed by atoms with Crippen LogP contribution in [0.5, 0.6) is 0 Å². The van der Waals surface area contributed by atoms with Crippen molar-refractivity contribution in [2.24, 2.45) is 0 Å². The van der Waals surface area contributed by atoms with Crippen LogP contribution in [0.4, 0.5) is 11.4 Å². The van der Waals surface area contributed by atoms with Crippen LogP contribution in [0.2, 0.25) is 0 Å². The van der Waals surface area contributed by atoms with E-state index in [1.165, 1.54) is 6.92 Å². The molecule has 0 radical (unpaired) electrons. The minimum atomic E-state index is -0.147. The Kier molecular flexibility index (Phi) is 5.11. The van der Waals surface area contributed by atoms with E-state index < -0.39 is 0 Å². The summed E-state index contributed by atoms with van der Waals surface area (Å²) >= 11 is 3.42. The largest absolute Gasteiger partial charge is 0.326 e. The summed E-state index contributed by atoms with van der Waals surface area (Å²) in [6.07, 6.45) is 0.284. The molecule has 0 aliphatic carbocycles. The zero-order valence-corrected chi connectivity index (χ0v) is 13.1. The maximum absolute atomic E-state index is 12.0. The van der Waals surface area contributed by atoms with Crippen LogP contribution in [-0.4, -0.2) is 11.8 Å². The molecule has 2 rings (SSSR count). The van der Waals surface area contributed by atoms with Gasteiger partial charge in [-0.1, -0.05) is 40.2 Å². The SMILES string of the molecule is CC(=O)Nc1cccc(NC(=O)Cc2ccccc2Br)c1. The molecule has 108 valence electrons. The van der Waals surface area contributed by atoms with Crippen molar-refractivity contribution >= 4 is 39.1 Å². The molecule has 0 aliphatic rings. The van der Waals surface area contributed by atoms with Gasteiger partial charge < -0.3 is 10.6 Å². The van der Waals surface area contributed by atoms with E-state index in [2.05, 4.69) is 26.6 Å². The van der Waals surface area contributed by atoms with E-state index >= 15 is 0 Å². The van der Waals surface area contributed by atoms with Crippen molar-refractivity contribution in [3.63, 3.8) is 0 Å². The third-order valence-corrected chi connectivity index (χ3v) is 3.55. The zero-order valence-electron chi connectivity index (χ0n) is 11.5. The van der Waals surface area contributed by atoms with Crippen molar-refractivity contribution in [2.75, 3.05) is 10.6 Å². The normalized spacial score (nSPS) is 10.0. The van der Waals surface area contributed by atoms with Gasteiger partial charge in [0.05, 0.1) is 6.42 Å². The maximum atomic E-state index is 12.0.